The fourth-order valence-electron chi connectivity index (χ4n) is 1.97. The monoisotopic (exact) mass is 255 g/mol. The molecule has 4 heteroatoms. The van der Waals surface area contributed by atoms with Crippen LogP contribution in [0.5, 0.6) is 0 Å². The van der Waals surface area contributed by atoms with Crippen LogP contribution in [0.15, 0.2) is 12.1 Å². The molecule has 96 valence electrons. The van der Waals surface area contributed by atoms with Crippen LogP contribution in [0, 0.1) is 6.92 Å². The van der Waals surface area contributed by atoms with Gasteiger partial charge in [-0.1, -0.05) is 0 Å². The number of hydrogen-bond donors (Lipinski definition) is 1. The zero-order chi connectivity index (χ0) is 13.0. The van der Waals surface area contributed by atoms with Crippen LogP contribution in [-0.2, 0) is 4.79 Å². The van der Waals surface area contributed by atoms with Gasteiger partial charge in [0.15, 0.2) is 0 Å². The van der Waals surface area contributed by atoms with Crippen LogP contribution < -0.4 is 0 Å². The smallest absolute Gasteiger partial charge is 0.304 e. The van der Waals surface area contributed by atoms with Crippen LogP contribution in [0.1, 0.15) is 43.0 Å². The molecule has 1 N–H and O–H groups in total. The summed E-state index contributed by atoms with van der Waals surface area (Å²) in [6.07, 6.45) is 0.201. The first kappa shape index (κ1) is 14.2. The quantitative estimate of drug-likeness (QED) is 0.848. The van der Waals surface area contributed by atoms with E-state index >= 15 is 0 Å². The van der Waals surface area contributed by atoms with Crippen molar-refractivity contribution in [3.05, 3.63) is 21.9 Å². The Kier molecular flexibility index (Phi) is 5.15. The highest BCUT2D eigenvalue weighted by Crippen LogP contribution is 2.28. The first-order valence-electron chi connectivity index (χ1n) is 5.95. The van der Waals surface area contributed by atoms with E-state index in [0.29, 0.717) is 12.6 Å². The van der Waals surface area contributed by atoms with Crippen molar-refractivity contribution in [3.8, 4) is 0 Å². The fraction of sp³-hybridized carbons (Fsp3) is 0.615. The molecule has 0 aliphatic carbocycles. The van der Waals surface area contributed by atoms with Gasteiger partial charge in [-0.05, 0) is 39.8 Å². The van der Waals surface area contributed by atoms with Crippen LogP contribution in [0.4, 0.5) is 0 Å². The van der Waals surface area contributed by atoms with Crippen molar-refractivity contribution in [1.29, 1.82) is 0 Å². The highest BCUT2D eigenvalue weighted by Gasteiger charge is 2.20. The van der Waals surface area contributed by atoms with Gasteiger partial charge >= 0.3 is 5.97 Å². The van der Waals surface area contributed by atoms with Gasteiger partial charge in [-0.25, -0.2) is 0 Å². The second-order valence-electron chi connectivity index (χ2n) is 4.60. The number of carboxylic acids is 1. The van der Waals surface area contributed by atoms with Crippen molar-refractivity contribution in [3.63, 3.8) is 0 Å². The molecule has 0 saturated heterocycles. The molecule has 1 unspecified atom stereocenters. The number of aliphatic carboxylic acids is 1. The van der Waals surface area contributed by atoms with E-state index in [1.165, 1.54) is 9.75 Å². The van der Waals surface area contributed by atoms with Gasteiger partial charge in [0.25, 0.3) is 0 Å². The molecule has 1 atom stereocenters. The summed E-state index contributed by atoms with van der Waals surface area (Å²) >= 11 is 1.79. The van der Waals surface area contributed by atoms with E-state index < -0.39 is 5.97 Å². The normalized spacial score (nSPS) is 13.3. The molecule has 0 aliphatic heterocycles. The fourth-order valence-corrected chi connectivity index (χ4v) is 2.92. The molecule has 1 aromatic rings. The van der Waals surface area contributed by atoms with Gasteiger partial charge in [0.1, 0.15) is 0 Å². The lowest BCUT2D eigenvalue weighted by atomic mass is 10.1. The Morgan fingerprint density at radius 2 is 2.06 bits per heavy atom. The lowest BCUT2D eigenvalue weighted by Gasteiger charge is -2.31. The average Bonchev–Trinajstić information content (AvgIpc) is 2.63. The van der Waals surface area contributed by atoms with Crippen molar-refractivity contribution in [1.82, 2.24) is 4.90 Å². The number of thiophene rings is 1. The first-order valence-corrected chi connectivity index (χ1v) is 6.77. The van der Waals surface area contributed by atoms with Gasteiger partial charge in [0.05, 0.1) is 6.42 Å². The van der Waals surface area contributed by atoms with Crippen molar-refractivity contribution < 1.29 is 9.90 Å². The second-order valence-corrected chi connectivity index (χ2v) is 5.92. The topological polar surface area (TPSA) is 40.5 Å². The standard InChI is InChI=1S/C13H21NO2S/c1-9(2)14(8-7-13(15)16)11(4)12-6-5-10(3)17-12/h5-6,9,11H,7-8H2,1-4H3,(H,15,16). The van der Waals surface area contributed by atoms with E-state index in [2.05, 4.69) is 44.7 Å². The number of carboxylic acid groups (broad SMARTS) is 1. The summed E-state index contributed by atoms with van der Waals surface area (Å²) in [6, 6.07) is 4.90. The Morgan fingerprint density at radius 1 is 1.41 bits per heavy atom. The maximum absolute atomic E-state index is 10.7. The van der Waals surface area contributed by atoms with E-state index in [4.69, 9.17) is 5.11 Å². The summed E-state index contributed by atoms with van der Waals surface area (Å²) in [7, 11) is 0. The Labute approximate surface area is 107 Å². The Hall–Kier alpha value is -0.870. The van der Waals surface area contributed by atoms with Gasteiger partial charge in [-0.2, -0.15) is 0 Å². The van der Waals surface area contributed by atoms with Gasteiger partial charge < -0.3 is 5.11 Å². The SMILES string of the molecule is Cc1ccc(C(C)N(CCC(=O)O)C(C)C)s1. The summed E-state index contributed by atoms with van der Waals surface area (Å²) in [5, 5.41) is 8.78. The predicted octanol–water partition coefficient (Wildman–Crippen LogP) is 3.30. The summed E-state index contributed by atoms with van der Waals surface area (Å²) < 4.78 is 0. The lowest BCUT2D eigenvalue weighted by molar-refractivity contribution is -0.137. The largest absolute Gasteiger partial charge is 0.481 e. The third-order valence-corrected chi connectivity index (χ3v) is 4.09. The van der Waals surface area contributed by atoms with E-state index in [-0.39, 0.29) is 12.5 Å². The predicted molar refractivity (Wildman–Crippen MR) is 71.6 cm³/mol. The Balaban J connectivity index is 2.73. The molecule has 0 aromatic carbocycles. The molecule has 0 bridgehead atoms. The summed E-state index contributed by atoms with van der Waals surface area (Å²) in [5.74, 6) is -0.731. The Bertz CT molecular complexity index is 373. The molecule has 0 saturated carbocycles. The molecule has 0 aliphatic rings. The molecule has 1 rings (SSSR count). The van der Waals surface area contributed by atoms with Gasteiger partial charge in [0, 0.05) is 28.4 Å². The van der Waals surface area contributed by atoms with E-state index in [9.17, 15) is 4.79 Å². The number of carbonyl (C=O) groups is 1. The van der Waals surface area contributed by atoms with Crippen molar-refractivity contribution in [2.45, 2.75) is 46.2 Å². The molecule has 0 spiro atoms. The van der Waals surface area contributed by atoms with Crippen LogP contribution in [0.3, 0.4) is 0 Å². The van der Waals surface area contributed by atoms with E-state index in [0.717, 1.165) is 0 Å². The molecule has 0 amide bonds. The summed E-state index contributed by atoms with van der Waals surface area (Å²) in [6.45, 7) is 9.06. The molecule has 1 heterocycles. The average molecular weight is 255 g/mol. The van der Waals surface area contributed by atoms with E-state index in [1.807, 2.05) is 0 Å². The van der Waals surface area contributed by atoms with Crippen LogP contribution >= 0.6 is 11.3 Å². The number of aryl methyl sites for hydroxylation is 1. The number of nitrogens with zero attached hydrogens (tertiary/aromatic N) is 1. The van der Waals surface area contributed by atoms with Crippen LogP contribution in [0.2, 0.25) is 0 Å². The summed E-state index contributed by atoms with van der Waals surface area (Å²) in [5.41, 5.74) is 0. The minimum Gasteiger partial charge on any atom is -0.481 e. The molecule has 3 nitrogen and oxygen atoms in total. The minimum atomic E-state index is -0.731. The minimum absolute atomic E-state index is 0.201. The summed E-state index contributed by atoms with van der Waals surface area (Å²) in [4.78, 5) is 15.5. The molecule has 0 fully saturated rings. The van der Waals surface area contributed by atoms with Crippen LogP contribution in [-0.4, -0.2) is 28.6 Å². The molecule has 1 aromatic heterocycles. The van der Waals surface area contributed by atoms with Gasteiger partial charge in [0.2, 0.25) is 0 Å². The van der Waals surface area contributed by atoms with Crippen LogP contribution in [0.25, 0.3) is 0 Å². The van der Waals surface area contributed by atoms with E-state index in [1.54, 1.807) is 11.3 Å². The number of rotatable bonds is 6. The molecular weight excluding hydrogens is 234 g/mol. The van der Waals surface area contributed by atoms with Gasteiger partial charge in [-0.3, -0.25) is 9.69 Å². The van der Waals surface area contributed by atoms with Crippen molar-refractivity contribution >= 4 is 17.3 Å². The second kappa shape index (κ2) is 6.17. The zero-order valence-corrected chi connectivity index (χ0v) is 11.8. The maximum atomic E-state index is 10.7. The third kappa shape index (κ3) is 4.13. The number of hydrogen-bond acceptors (Lipinski definition) is 3. The highest BCUT2D eigenvalue weighted by molar-refractivity contribution is 7.12. The Morgan fingerprint density at radius 3 is 2.47 bits per heavy atom. The molecule has 17 heavy (non-hydrogen) atoms. The lowest BCUT2D eigenvalue weighted by Crippen LogP contribution is -2.35. The molecular formula is C13H21NO2S. The molecule has 0 radical (unpaired) electrons. The zero-order valence-electron chi connectivity index (χ0n) is 10.9. The highest BCUT2D eigenvalue weighted by atomic mass is 32.1. The van der Waals surface area contributed by atoms with Gasteiger partial charge in [-0.15, -0.1) is 11.3 Å². The third-order valence-electron chi connectivity index (χ3n) is 2.92. The van der Waals surface area contributed by atoms with Crippen molar-refractivity contribution in [2.24, 2.45) is 0 Å². The maximum Gasteiger partial charge on any atom is 0.304 e. The van der Waals surface area contributed by atoms with Crippen molar-refractivity contribution in [2.75, 3.05) is 6.54 Å². The first-order chi connectivity index (χ1) is 7.91.